The quantitative estimate of drug-likeness (QED) is 0.461. The average molecular weight is 276 g/mol. The predicted molar refractivity (Wildman–Crippen MR) is 63.6 cm³/mol. The molecule has 0 amide bonds. The summed E-state index contributed by atoms with van der Waals surface area (Å²) in [6.07, 6.45) is 1.14. The fourth-order valence-corrected chi connectivity index (χ4v) is 1.75. The molecule has 9 nitrogen and oxygen atoms in total. The fourth-order valence-electron chi connectivity index (χ4n) is 1.75. The van der Waals surface area contributed by atoms with Crippen LogP contribution in [0.5, 0.6) is 11.5 Å². The number of fused-ring (bicyclic) bond motifs is 1. The van der Waals surface area contributed by atoms with Crippen molar-refractivity contribution in [2.24, 2.45) is 0 Å². The van der Waals surface area contributed by atoms with Crippen molar-refractivity contribution in [2.45, 2.75) is 6.54 Å². The number of hydrogen-bond donors (Lipinski definition) is 0. The number of ketones is 1. The summed E-state index contributed by atoms with van der Waals surface area (Å²) < 4.78 is 11.4. The van der Waals surface area contributed by atoms with Crippen LogP contribution in [0.15, 0.2) is 24.5 Å². The molecule has 1 aromatic heterocycles. The van der Waals surface area contributed by atoms with Gasteiger partial charge in [-0.25, -0.2) is 0 Å². The van der Waals surface area contributed by atoms with Crippen LogP contribution in [0.1, 0.15) is 10.4 Å². The fraction of sp³-hybridized carbons (Fsp3) is 0.182. The number of carbonyl (C=O) groups is 1. The van der Waals surface area contributed by atoms with Crippen molar-refractivity contribution >= 4 is 11.7 Å². The zero-order valence-electron chi connectivity index (χ0n) is 10.1. The lowest BCUT2D eigenvalue weighted by molar-refractivity contribution is -0.394. The van der Waals surface area contributed by atoms with Crippen molar-refractivity contribution in [1.29, 1.82) is 0 Å². The second-order valence-electron chi connectivity index (χ2n) is 3.99. The van der Waals surface area contributed by atoms with Crippen LogP contribution < -0.4 is 9.47 Å². The molecule has 1 aliphatic heterocycles. The van der Waals surface area contributed by atoms with Crippen LogP contribution in [0.25, 0.3) is 0 Å². The van der Waals surface area contributed by atoms with Crippen LogP contribution in [0.3, 0.4) is 0 Å². The maximum Gasteiger partial charge on any atom is 0.490 e. The summed E-state index contributed by atoms with van der Waals surface area (Å²) in [4.78, 5) is 25.2. The minimum atomic E-state index is -0.721. The highest BCUT2D eigenvalue weighted by Crippen LogP contribution is 2.32. The van der Waals surface area contributed by atoms with Gasteiger partial charge in [0, 0.05) is 10.7 Å². The maximum absolute atomic E-state index is 12.0. The molecule has 0 atom stereocenters. The molecule has 0 unspecified atom stereocenters. The first-order valence-electron chi connectivity index (χ1n) is 5.60. The normalized spacial score (nSPS) is 12.4. The zero-order chi connectivity index (χ0) is 14.1. The molecule has 102 valence electrons. The van der Waals surface area contributed by atoms with Gasteiger partial charge in [0.25, 0.3) is 0 Å². The Hall–Kier alpha value is -2.97. The van der Waals surface area contributed by atoms with Crippen molar-refractivity contribution < 1.29 is 19.2 Å². The first-order valence-corrected chi connectivity index (χ1v) is 5.60. The molecule has 0 fully saturated rings. The average Bonchev–Trinajstić information content (AvgIpc) is 3.05. The molecule has 0 spiro atoms. The van der Waals surface area contributed by atoms with E-state index < -0.39 is 10.9 Å². The molecule has 0 bridgehead atoms. The van der Waals surface area contributed by atoms with E-state index in [2.05, 4.69) is 10.1 Å². The molecule has 0 aliphatic carbocycles. The van der Waals surface area contributed by atoms with Gasteiger partial charge in [0.05, 0.1) is 0 Å². The summed E-state index contributed by atoms with van der Waals surface area (Å²) >= 11 is 0. The van der Waals surface area contributed by atoms with E-state index in [0.717, 1.165) is 11.0 Å². The molecule has 0 N–H and O–H groups in total. The van der Waals surface area contributed by atoms with E-state index in [-0.39, 0.29) is 19.1 Å². The van der Waals surface area contributed by atoms with Crippen LogP contribution in [0.2, 0.25) is 0 Å². The van der Waals surface area contributed by atoms with Gasteiger partial charge in [-0.2, -0.15) is 4.68 Å². The predicted octanol–water partition coefficient (Wildman–Crippen LogP) is 0.798. The summed E-state index contributed by atoms with van der Waals surface area (Å²) in [5, 5.41) is 14.0. The first kappa shape index (κ1) is 12.1. The van der Waals surface area contributed by atoms with Crippen LogP contribution >= 0.6 is 0 Å². The minimum absolute atomic E-state index is 0.127. The lowest BCUT2D eigenvalue weighted by atomic mass is 10.1. The Bertz CT molecular complexity index is 696. The van der Waals surface area contributed by atoms with Gasteiger partial charge in [-0.1, -0.05) is 4.98 Å². The lowest BCUT2D eigenvalue weighted by Gasteiger charge is -2.01. The molecule has 20 heavy (non-hydrogen) atoms. The van der Waals surface area contributed by atoms with E-state index in [1.54, 1.807) is 18.2 Å². The number of hydrogen-bond acceptors (Lipinski definition) is 7. The highest BCUT2D eigenvalue weighted by molar-refractivity contribution is 5.96. The molecular weight excluding hydrogens is 268 g/mol. The van der Waals surface area contributed by atoms with Crippen molar-refractivity contribution in [2.75, 3.05) is 6.79 Å². The SMILES string of the molecule is O=C(Cn1cnc([N+](=O)[O-])n1)c1ccc2c(c1)OCO2. The summed E-state index contributed by atoms with van der Waals surface area (Å²) in [5.74, 6) is 0.282. The Balaban J connectivity index is 1.77. The zero-order valence-corrected chi connectivity index (χ0v) is 10.1. The Morgan fingerprint density at radius 1 is 1.40 bits per heavy atom. The van der Waals surface area contributed by atoms with Gasteiger partial charge in [0.2, 0.25) is 13.1 Å². The lowest BCUT2D eigenvalue weighted by Crippen LogP contribution is -2.11. The van der Waals surface area contributed by atoms with Gasteiger partial charge in [-0.15, -0.1) is 0 Å². The van der Waals surface area contributed by atoms with Crippen LogP contribution in [0, 0.1) is 10.1 Å². The number of Topliss-reactive ketones (excluding diaryl/α,β-unsaturated/α-hetero) is 1. The Kier molecular flexibility index (Phi) is 2.78. The molecule has 3 rings (SSSR count). The number of rotatable bonds is 4. The van der Waals surface area contributed by atoms with Gasteiger partial charge in [-0.05, 0) is 23.1 Å². The van der Waals surface area contributed by atoms with Crippen molar-refractivity contribution in [3.63, 3.8) is 0 Å². The standard InChI is InChI=1S/C11H8N4O5/c16-8(4-14-5-12-11(13-14)15(17)18)7-1-2-9-10(3-7)20-6-19-9/h1-3,5H,4,6H2. The summed E-state index contributed by atoms with van der Waals surface area (Å²) in [5.41, 5.74) is 0.410. The van der Waals surface area contributed by atoms with Crippen molar-refractivity contribution in [3.8, 4) is 11.5 Å². The molecule has 2 aromatic rings. The summed E-state index contributed by atoms with van der Waals surface area (Å²) in [6, 6.07) is 4.80. The molecule has 0 saturated heterocycles. The minimum Gasteiger partial charge on any atom is -0.454 e. The largest absolute Gasteiger partial charge is 0.490 e. The third kappa shape index (κ3) is 2.16. The van der Waals surface area contributed by atoms with E-state index in [4.69, 9.17) is 9.47 Å². The number of aromatic nitrogens is 3. The Morgan fingerprint density at radius 2 is 2.20 bits per heavy atom. The number of nitro groups is 1. The van der Waals surface area contributed by atoms with Crippen LogP contribution in [-0.4, -0.2) is 32.3 Å². The van der Waals surface area contributed by atoms with E-state index in [0.29, 0.717) is 17.1 Å². The molecule has 1 aromatic carbocycles. The van der Waals surface area contributed by atoms with E-state index >= 15 is 0 Å². The van der Waals surface area contributed by atoms with E-state index in [1.165, 1.54) is 0 Å². The molecule has 0 saturated carbocycles. The topological polar surface area (TPSA) is 109 Å². The Morgan fingerprint density at radius 3 is 2.95 bits per heavy atom. The van der Waals surface area contributed by atoms with Gasteiger partial charge >= 0.3 is 5.95 Å². The number of carbonyl (C=O) groups excluding carboxylic acids is 1. The van der Waals surface area contributed by atoms with Crippen LogP contribution in [0.4, 0.5) is 5.95 Å². The number of nitrogens with zero attached hydrogens (tertiary/aromatic N) is 4. The third-order valence-corrected chi connectivity index (χ3v) is 2.69. The monoisotopic (exact) mass is 276 g/mol. The second-order valence-corrected chi connectivity index (χ2v) is 3.99. The maximum atomic E-state index is 12.0. The molecule has 0 radical (unpaired) electrons. The van der Waals surface area contributed by atoms with Crippen LogP contribution in [-0.2, 0) is 6.54 Å². The molecule has 2 heterocycles. The second kappa shape index (κ2) is 4.61. The molecule has 1 aliphatic rings. The van der Waals surface area contributed by atoms with Gasteiger partial charge in [-0.3, -0.25) is 4.79 Å². The first-order chi connectivity index (χ1) is 9.63. The smallest absolute Gasteiger partial charge is 0.454 e. The van der Waals surface area contributed by atoms with E-state index in [1.807, 2.05) is 0 Å². The Labute approximate surface area is 111 Å². The highest BCUT2D eigenvalue weighted by atomic mass is 16.7. The number of ether oxygens (including phenoxy) is 2. The third-order valence-electron chi connectivity index (χ3n) is 2.69. The number of benzene rings is 1. The van der Waals surface area contributed by atoms with Crippen molar-refractivity contribution in [1.82, 2.24) is 14.8 Å². The summed E-state index contributed by atoms with van der Waals surface area (Å²) in [7, 11) is 0. The van der Waals surface area contributed by atoms with Crippen molar-refractivity contribution in [3.05, 3.63) is 40.2 Å². The van der Waals surface area contributed by atoms with Gasteiger partial charge < -0.3 is 19.6 Å². The molecule has 9 heteroatoms. The highest BCUT2D eigenvalue weighted by Gasteiger charge is 2.19. The van der Waals surface area contributed by atoms with Gasteiger partial charge in [0.1, 0.15) is 6.54 Å². The molecular formula is C11H8N4O5. The van der Waals surface area contributed by atoms with E-state index in [9.17, 15) is 14.9 Å². The summed E-state index contributed by atoms with van der Waals surface area (Å²) in [6.45, 7) is -0.0112. The van der Waals surface area contributed by atoms with Gasteiger partial charge in [0.15, 0.2) is 17.3 Å².